The average Bonchev–Trinajstić information content (AvgIpc) is 3.15. The van der Waals surface area contributed by atoms with E-state index in [0.717, 1.165) is 5.56 Å². The molecule has 0 atom stereocenters. The zero-order chi connectivity index (χ0) is 19.9. The number of guanidine groups is 1. The molecule has 7 nitrogen and oxygen atoms in total. The lowest BCUT2D eigenvalue weighted by atomic mass is 10.1. The first-order valence-corrected chi connectivity index (χ1v) is 8.40. The lowest BCUT2D eigenvalue weighted by Crippen LogP contribution is -2.36. The lowest BCUT2D eigenvalue weighted by molar-refractivity contribution is -0.0505. The van der Waals surface area contributed by atoms with Gasteiger partial charge in [-0.2, -0.15) is 14.0 Å². The van der Waals surface area contributed by atoms with E-state index in [0.29, 0.717) is 35.1 Å². The number of alkyl halides is 2. The Hall–Kier alpha value is -3.54. The van der Waals surface area contributed by atoms with E-state index in [1.807, 2.05) is 6.07 Å². The normalized spacial score (nSPS) is 12.6. The first-order valence-electron chi connectivity index (χ1n) is 8.40. The SMILES string of the molecule is CN=C(NCc1cccc(C#N)c1)NCc1cc2c(cc1OC(F)F)OCO2. The molecule has 0 spiro atoms. The van der Waals surface area contributed by atoms with Gasteiger partial charge in [-0.25, -0.2) is 0 Å². The van der Waals surface area contributed by atoms with Crippen LogP contribution in [-0.4, -0.2) is 26.4 Å². The van der Waals surface area contributed by atoms with Gasteiger partial charge in [0.1, 0.15) is 5.75 Å². The number of nitrogens with zero attached hydrogens (tertiary/aromatic N) is 2. The Bertz CT molecular complexity index is 913. The van der Waals surface area contributed by atoms with Gasteiger partial charge in [0, 0.05) is 31.8 Å². The van der Waals surface area contributed by atoms with E-state index in [1.165, 1.54) is 6.07 Å². The zero-order valence-corrected chi connectivity index (χ0v) is 15.0. The van der Waals surface area contributed by atoms with Crippen LogP contribution in [0.5, 0.6) is 17.2 Å². The van der Waals surface area contributed by atoms with Gasteiger partial charge in [0.25, 0.3) is 0 Å². The van der Waals surface area contributed by atoms with Crippen LogP contribution in [0, 0.1) is 11.3 Å². The molecule has 0 amide bonds. The summed E-state index contributed by atoms with van der Waals surface area (Å²) in [7, 11) is 1.59. The Morgan fingerprint density at radius 1 is 1.21 bits per heavy atom. The number of ether oxygens (including phenoxy) is 3. The van der Waals surface area contributed by atoms with Crippen LogP contribution in [0.1, 0.15) is 16.7 Å². The van der Waals surface area contributed by atoms with Crippen molar-refractivity contribution >= 4 is 5.96 Å². The maximum absolute atomic E-state index is 12.7. The van der Waals surface area contributed by atoms with Crippen LogP contribution in [0.15, 0.2) is 41.4 Å². The van der Waals surface area contributed by atoms with Crippen LogP contribution in [0.2, 0.25) is 0 Å². The molecular formula is C19H18F2N4O3. The molecule has 0 unspecified atom stereocenters. The van der Waals surface area contributed by atoms with Gasteiger partial charge >= 0.3 is 6.61 Å². The van der Waals surface area contributed by atoms with E-state index in [2.05, 4.69) is 26.4 Å². The summed E-state index contributed by atoms with van der Waals surface area (Å²) in [5.74, 6) is 1.29. The Morgan fingerprint density at radius 2 is 1.96 bits per heavy atom. The van der Waals surface area contributed by atoms with Crippen molar-refractivity contribution in [3.8, 4) is 23.3 Å². The number of nitrogens with one attached hydrogen (secondary N) is 2. The minimum atomic E-state index is -2.95. The number of hydrogen-bond donors (Lipinski definition) is 2. The van der Waals surface area contributed by atoms with Gasteiger partial charge in [0.05, 0.1) is 11.6 Å². The predicted octanol–water partition coefficient (Wildman–Crippen LogP) is 2.75. The molecule has 0 aliphatic carbocycles. The molecule has 1 aliphatic heterocycles. The number of nitriles is 1. The first-order chi connectivity index (χ1) is 13.6. The van der Waals surface area contributed by atoms with Crippen LogP contribution < -0.4 is 24.8 Å². The van der Waals surface area contributed by atoms with Crippen LogP contribution in [0.3, 0.4) is 0 Å². The van der Waals surface area contributed by atoms with Crippen molar-refractivity contribution in [1.82, 2.24) is 10.6 Å². The molecular weight excluding hydrogens is 370 g/mol. The Kier molecular flexibility index (Phi) is 6.11. The Morgan fingerprint density at radius 3 is 2.68 bits per heavy atom. The van der Waals surface area contributed by atoms with Crippen molar-refractivity contribution in [2.75, 3.05) is 13.8 Å². The molecule has 1 aliphatic rings. The van der Waals surface area contributed by atoms with Gasteiger partial charge in [-0.05, 0) is 23.8 Å². The maximum atomic E-state index is 12.7. The second kappa shape index (κ2) is 8.90. The summed E-state index contributed by atoms with van der Waals surface area (Å²) in [6.07, 6.45) is 0. The smallest absolute Gasteiger partial charge is 0.387 e. The fourth-order valence-electron chi connectivity index (χ4n) is 2.65. The topological polar surface area (TPSA) is 87.9 Å². The van der Waals surface area contributed by atoms with E-state index in [4.69, 9.17) is 14.7 Å². The predicted molar refractivity (Wildman–Crippen MR) is 97.4 cm³/mol. The van der Waals surface area contributed by atoms with E-state index < -0.39 is 6.61 Å². The molecule has 0 fully saturated rings. The van der Waals surface area contributed by atoms with Gasteiger partial charge < -0.3 is 24.8 Å². The summed E-state index contributed by atoms with van der Waals surface area (Å²) in [6.45, 7) is -2.30. The third-order valence-corrected chi connectivity index (χ3v) is 3.96. The summed E-state index contributed by atoms with van der Waals surface area (Å²) in [6, 6.07) is 12.2. The molecule has 0 bridgehead atoms. The second-order valence-corrected chi connectivity index (χ2v) is 5.78. The van der Waals surface area contributed by atoms with Crippen molar-refractivity contribution in [2.45, 2.75) is 19.7 Å². The highest BCUT2D eigenvalue weighted by molar-refractivity contribution is 5.79. The van der Waals surface area contributed by atoms with E-state index in [9.17, 15) is 8.78 Å². The van der Waals surface area contributed by atoms with Crippen molar-refractivity contribution in [3.05, 3.63) is 53.1 Å². The molecule has 28 heavy (non-hydrogen) atoms. The van der Waals surface area contributed by atoms with Gasteiger partial charge in [-0.3, -0.25) is 4.99 Å². The van der Waals surface area contributed by atoms with E-state index >= 15 is 0 Å². The third-order valence-electron chi connectivity index (χ3n) is 3.96. The number of hydrogen-bond acceptors (Lipinski definition) is 5. The molecule has 0 saturated heterocycles. The summed E-state index contributed by atoms with van der Waals surface area (Å²) < 4.78 is 40.5. The number of benzene rings is 2. The van der Waals surface area contributed by atoms with Gasteiger partial charge in [-0.15, -0.1) is 0 Å². The molecule has 2 aromatic rings. The Labute approximate surface area is 160 Å². The van der Waals surface area contributed by atoms with Gasteiger partial charge in [-0.1, -0.05) is 12.1 Å². The fourth-order valence-corrected chi connectivity index (χ4v) is 2.65. The van der Waals surface area contributed by atoms with Gasteiger partial charge in [0.15, 0.2) is 17.5 Å². The number of halogens is 2. The highest BCUT2D eigenvalue weighted by atomic mass is 19.3. The number of rotatable bonds is 6. The molecule has 2 aromatic carbocycles. The van der Waals surface area contributed by atoms with E-state index in [1.54, 1.807) is 31.3 Å². The van der Waals surface area contributed by atoms with Crippen molar-refractivity contribution < 1.29 is 23.0 Å². The minimum absolute atomic E-state index is 0.00363. The second-order valence-electron chi connectivity index (χ2n) is 5.78. The molecule has 9 heteroatoms. The number of fused-ring (bicyclic) bond motifs is 1. The largest absolute Gasteiger partial charge is 0.454 e. The van der Waals surface area contributed by atoms with E-state index in [-0.39, 0.29) is 19.1 Å². The fraction of sp³-hybridized carbons (Fsp3) is 0.263. The number of aliphatic imine (C=N–C) groups is 1. The standard InChI is InChI=1S/C19H18F2N4O3/c1-23-19(24-9-13-4-2-3-12(5-13)8-22)25-10-14-6-16-17(27-11-26-16)7-15(14)28-18(20)21/h2-7,18H,9-11H2,1H3,(H2,23,24,25). The molecule has 1 heterocycles. The lowest BCUT2D eigenvalue weighted by Gasteiger charge is -2.15. The molecule has 3 rings (SSSR count). The summed E-state index contributed by atoms with van der Waals surface area (Å²) in [5, 5.41) is 15.1. The first kappa shape index (κ1) is 19.2. The monoisotopic (exact) mass is 388 g/mol. The van der Waals surface area contributed by atoms with Crippen LogP contribution in [0.4, 0.5) is 8.78 Å². The summed E-state index contributed by atoms with van der Waals surface area (Å²) in [4.78, 5) is 4.11. The molecule has 2 N–H and O–H groups in total. The highest BCUT2D eigenvalue weighted by Gasteiger charge is 2.20. The van der Waals surface area contributed by atoms with Crippen molar-refractivity contribution in [3.63, 3.8) is 0 Å². The molecule has 0 radical (unpaired) electrons. The molecule has 146 valence electrons. The molecule has 0 saturated carbocycles. The Balaban J connectivity index is 1.65. The van der Waals surface area contributed by atoms with Gasteiger partial charge in [0.2, 0.25) is 6.79 Å². The highest BCUT2D eigenvalue weighted by Crippen LogP contribution is 2.38. The maximum Gasteiger partial charge on any atom is 0.387 e. The summed E-state index contributed by atoms with van der Waals surface area (Å²) in [5.41, 5.74) is 1.95. The zero-order valence-electron chi connectivity index (χ0n) is 15.0. The third kappa shape index (κ3) is 4.79. The van der Waals surface area contributed by atoms with Crippen molar-refractivity contribution in [2.24, 2.45) is 4.99 Å². The van der Waals surface area contributed by atoms with Crippen molar-refractivity contribution in [1.29, 1.82) is 5.26 Å². The molecule has 0 aromatic heterocycles. The average molecular weight is 388 g/mol. The minimum Gasteiger partial charge on any atom is -0.454 e. The summed E-state index contributed by atoms with van der Waals surface area (Å²) >= 11 is 0. The van der Waals surface area contributed by atoms with Crippen LogP contribution >= 0.6 is 0 Å². The quantitative estimate of drug-likeness (QED) is 0.585. The van der Waals surface area contributed by atoms with Crippen LogP contribution in [0.25, 0.3) is 0 Å². The van der Waals surface area contributed by atoms with Crippen LogP contribution in [-0.2, 0) is 13.1 Å².